The zero-order chi connectivity index (χ0) is 15.1. The third kappa shape index (κ3) is 5.17. The summed E-state index contributed by atoms with van der Waals surface area (Å²) in [5, 5.41) is 12.0. The van der Waals surface area contributed by atoms with Gasteiger partial charge in [-0.1, -0.05) is 29.8 Å². The van der Waals surface area contributed by atoms with Gasteiger partial charge in [-0.25, -0.2) is 4.79 Å². The largest absolute Gasteiger partial charge is 0.478 e. The first kappa shape index (κ1) is 17.0. The van der Waals surface area contributed by atoms with Gasteiger partial charge in [0, 0.05) is 15.4 Å². The van der Waals surface area contributed by atoms with E-state index in [1.165, 1.54) is 17.8 Å². The van der Waals surface area contributed by atoms with Gasteiger partial charge in [0.25, 0.3) is 0 Å². The highest BCUT2D eigenvalue weighted by molar-refractivity contribution is 9.10. The molecule has 0 fully saturated rings. The lowest BCUT2D eigenvalue weighted by Crippen LogP contribution is -2.35. The maximum atomic E-state index is 11.8. The van der Waals surface area contributed by atoms with E-state index in [1.54, 1.807) is 12.1 Å². The standard InChI is InChI=1S/C14H18BrNO3S/c1-3-10(4-2)16-13(17)8-20-12-7-9(15)5-6-11(12)14(18)19/h5-7,10H,3-4,8H2,1-2H3,(H,16,17)(H,18,19). The zero-order valence-electron chi connectivity index (χ0n) is 11.5. The van der Waals surface area contributed by atoms with Gasteiger partial charge >= 0.3 is 5.97 Å². The fraction of sp³-hybridized carbons (Fsp3) is 0.429. The van der Waals surface area contributed by atoms with Gasteiger partial charge in [0.1, 0.15) is 0 Å². The Hall–Kier alpha value is -1.01. The number of amides is 1. The van der Waals surface area contributed by atoms with E-state index in [1.807, 2.05) is 13.8 Å². The van der Waals surface area contributed by atoms with Gasteiger partial charge in [0.05, 0.1) is 11.3 Å². The average molecular weight is 360 g/mol. The van der Waals surface area contributed by atoms with Crippen LogP contribution in [0.3, 0.4) is 0 Å². The molecule has 1 amide bonds. The predicted molar refractivity (Wildman–Crippen MR) is 84.3 cm³/mol. The SMILES string of the molecule is CCC(CC)NC(=O)CSc1cc(Br)ccc1C(=O)O. The van der Waals surface area contributed by atoms with Crippen LogP contribution in [0.5, 0.6) is 0 Å². The summed E-state index contributed by atoms with van der Waals surface area (Å²) in [5.41, 5.74) is 0.216. The molecular weight excluding hydrogens is 342 g/mol. The van der Waals surface area contributed by atoms with Gasteiger partial charge < -0.3 is 10.4 Å². The third-order valence-corrected chi connectivity index (χ3v) is 4.43. The third-order valence-electron chi connectivity index (χ3n) is 2.88. The van der Waals surface area contributed by atoms with E-state index in [0.29, 0.717) is 4.90 Å². The minimum atomic E-state index is -0.986. The Morgan fingerprint density at radius 3 is 2.55 bits per heavy atom. The predicted octanol–water partition coefficient (Wildman–Crippen LogP) is 3.54. The summed E-state index contributed by atoms with van der Waals surface area (Å²) in [6, 6.07) is 5.12. The van der Waals surface area contributed by atoms with E-state index in [0.717, 1.165) is 17.3 Å². The van der Waals surface area contributed by atoms with Crippen molar-refractivity contribution in [2.75, 3.05) is 5.75 Å². The molecule has 0 aromatic heterocycles. The van der Waals surface area contributed by atoms with Crippen molar-refractivity contribution in [3.05, 3.63) is 28.2 Å². The van der Waals surface area contributed by atoms with Crippen molar-refractivity contribution in [3.63, 3.8) is 0 Å². The average Bonchev–Trinajstić information content (AvgIpc) is 2.42. The van der Waals surface area contributed by atoms with Crippen molar-refractivity contribution in [1.29, 1.82) is 0 Å². The number of benzene rings is 1. The number of carbonyl (C=O) groups is 2. The molecule has 2 N–H and O–H groups in total. The first-order chi connectivity index (χ1) is 9.47. The van der Waals surface area contributed by atoms with Crippen LogP contribution < -0.4 is 5.32 Å². The van der Waals surface area contributed by atoms with E-state index in [2.05, 4.69) is 21.2 Å². The molecule has 0 aliphatic carbocycles. The summed E-state index contributed by atoms with van der Waals surface area (Å²) in [4.78, 5) is 23.5. The van der Waals surface area contributed by atoms with Gasteiger partial charge in [-0.05, 0) is 31.0 Å². The molecule has 0 aliphatic rings. The molecule has 0 unspecified atom stereocenters. The Bertz CT molecular complexity index is 489. The summed E-state index contributed by atoms with van der Waals surface area (Å²) < 4.78 is 0.797. The lowest BCUT2D eigenvalue weighted by molar-refractivity contribution is -0.119. The Balaban J connectivity index is 2.67. The normalized spacial score (nSPS) is 10.6. The minimum absolute atomic E-state index is 0.0694. The summed E-state index contributed by atoms with van der Waals surface area (Å²) in [6.45, 7) is 4.05. The van der Waals surface area contributed by atoms with Crippen molar-refractivity contribution in [2.24, 2.45) is 0 Å². The van der Waals surface area contributed by atoms with Crippen LogP contribution in [-0.4, -0.2) is 28.8 Å². The van der Waals surface area contributed by atoms with Gasteiger partial charge in [0.2, 0.25) is 5.91 Å². The summed E-state index contributed by atoms with van der Waals surface area (Å²) in [5.74, 6) is -0.840. The Morgan fingerprint density at radius 2 is 2.00 bits per heavy atom. The molecule has 0 heterocycles. The highest BCUT2D eigenvalue weighted by Crippen LogP contribution is 2.26. The molecule has 0 atom stereocenters. The second-order valence-electron chi connectivity index (χ2n) is 4.32. The Kier molecular flexibility index (Phi) is 7.09. The number of halogens is 1. The van der Waals surface area contributed by atoms with E-state index >= 15 is 0 Å². The van der Waals surface area contributed by atoms with Crippen LogP contribution in [0.1, 0.15) is 37.0 Å². The Labute approximate surface area is 131 Å². The molecule has 4 nitrogen and oxygen atoms in total. The molecule has 1 rings (SSSR count). The van der Waals surface area contributed by atoms with Gasteiger partial charge in [-0.3, -0.25) is 4.79 Å². The topological polar surface area (TPSA) is 66.4 Å². The molecule has 110 valence electrons. The fourth-order valence-corrected chi connectivity index (χ4v) is 3.10. The summed E-state index contributed by atoms with van der Waals surface area (Å²) >= 11 is 4.55. The van der Waals surface area contributed by atoms with Crippen LogP contribution in [-0.2, 0) is 4.79 Å². The van der Waals surface area contributed by atoms with E-state index < -0.39 is 5.97 Å². The highest BCUT2D eigenvalue weighted by atomic mass is 79.9. The minimum Gasteiger partial charge on any atom is -0.478 e. The lowest BCUT2D eigenvalue weighted by Gasteiger charge is -2.14. The number of rotatable bonds is 7. The molecule has 20 heavy (non-hydrogen) atoms. The van der Waals surface area contributed by atoms with Gasteiger partial charge in [-0.2, -0.15) is 0 Å². The zero-order valence-corrected chi connectivity index (χ0v) is 13.9. The first-order valence-corrected chi connectivity index (χ1v) is 8.20. The first-order valence-electron chi connectivity index (χ1n) is 6.42. The molecule has 0 radical (unpaired) electrons. The molecular formula is C14H18BrNO3S. The molecule has 0 saturated carbocycles. The summed E-state index contributed by atoms with van der Waals surface area (Å²) in [6.07, 6.45) is 1.79. The smallest absolute Gasteiger partial charge is 0.336 e. The van der Waals surface area contributed by atoms with Crippen LogP contribution in [0.15, 0.2) is 27.6 Å². The second kappa shape index (κ2) is 8.32. The molecule has 1 aromatic carbocycles. The van der Waals surface area contributed by atoms with E-state index in [9.17, 15) is 9.59 Å². The molecule has 0 bridgehead atoms. The van der Waals surface area contributed by atoms with Crippen molar-refractivity contribution >= 4 is 39.6 Å². The van der Waals surface area contributed by atoms with Gasteiger partial charge in [-0.15, -0.1) is 11.8 Å². The highest BCUT2D eigenvalue weighted by Gasteiger charge is 2.14. The molecule has 1 aromatic rings. The number of hydrogen-bond donors (Lipinski definition) is 2. The second-order valence-corrected chi connectivity index (χ2v) is 6.25. The van der Waals surface area contributed by atoms with Crippen molar-refractivity contribution in [2.45, 2.75) is 37.6 Å². The molecule has 6 heteroatoms. The van der Waals surface area contributed by atoms with Crippen molar-refractivity contribution < 1.29 is 14.7 Å². The quantitative estimate of drug-likeness (QED) is 0.730. The van der Waals surface area contributed by atoms with Crippen LogP contribution in [0.2, 0.25) is 0 Å². The summed E-state index contributed by atoms with van der Waals surface area (Å²) in [7, 11) is 0. The maximum absolute atomic E-state index is 11.8. The number of aromatic carboxylic acids is 1. The number of carbonyl (C=O) groups excluding carboxylic acids is 1. The number of hydrogen-bond acceptors (Lipinski definition) is 3. The van der Waals surface area contributed by atoms with Crippen LogP contribution >= 0.6 is 27.7 Å². The molecule has 0 saturated heterocycles. The monoisotopic (exact) mass is 359 g/mol. The number of carboxylic acid groups (broad SMARTS) is 1. The van der Waals surface area contributed by atoms with Crippen molar-refractivity contribution in [3.8, 4) is 0 Å². The lowest BCUT2D eigenvalue weighted by atomic mass is 10.2. The maximum Gasteiger partial charge on any atom is 0.336 e. The van der Waals surface area contributed by atoms with Crippen molar-refractivity contribution in [1.82, 2.24) is 5.32 Å². The van der Waals surface area contributed by atoms with Crippen LogP contribution in [0, 0.1) is 0 Å². The van der Waals surface area contributed by atoms with Crippen LogP contribution in [0.4, 0.5) is 0 Å². The van der Waals surface area contributed by atoms with Gasteiger partial charge in [0.15, 0.2) is 0 Å². The fourth-order valence-electron chi connectivity index (χ4n) is 1.70. The van der Waals surface area contributed by atoms with E-state index in [-0.39, 0.29) is 23.3 Å². The van der Waals surface area contributed by atoms with Crippen LogP contribution in [0.25, 0.3) is 0 Å². The number of carboxylic acids is 1. The Morgan fingerprint density at radius 1 is 1.35 bits per heavy atom. The number of thioether (sulfide) groups is 1. The molecule has 0 spiro atoms. The molecule has 0 aliphatic heterocycles. The van der Waals surface area contributed by atoms with E-state index in [4.69, 9.17) is 5.11 Å². The number of nitrogens with one attached hydrogen (secondary N) is 1.